The molecule has 0 aliphatic carbocycles. The van der Waals surface area contributed by atoms with Gasteiger partial charge in [-0.15, -0.1) is 0 Å². The minimum Gasteiger partial charge on any atom is -0.486 e. The lowest BCUT2D eigenvalue weighted by molar-refractivity contribution is -0.0109. The Morgan fingerprint density at radius 2 is 1.96 bits per heavy atom. The molecule has 2 aromatic rings. The number of hydrogen-bond acceptors (Lipinski definition) is 4. The first kappa shape index (κ1) is 16.7. The number of piperidine rings is 1. The lowest BCUT2D eigenvalue weighted by Crippen LogP contribution is -2.50. The van der Waals surface area contributed by atoms with E-state index in [-0.39, 0.29) is 11.6 Å². The summed E-state index contributed by atoms with van der Waals surface area (Å²) in [4.78, 5) is 14.8. The van der Waals surface area contributed by atoms with Crippen LogP contribution in [0.4, 0.5) is 4.39 Å². The molecule has 2 aliphatic rings. The fourth-order valence-electron chi connectivity index (χ4n) is 3.83. The van der Waals surface area contributed by atoms with Gasteiger partial charge in [-0.05, 0) is 24.3 Å². The van der Waals surface area contributed by atoms with Gasteiger partial charge in [0.25, 0.3) is 0 Å². The molecule has 0 N–H and O–H groups in total. The summed E-state index contributed by atoms with van der Waals surface area (Å²) in [5, 5.41) is 9.00. The molecule has 1 fully saturated rings. The highest BCUT2D eigenvalue weighted by Gasteiger charge is 2.43. The molecule has 0 amide bonds. The third kappa shape index (κ3) is 3.09. The second-order valence-corrected chi connectivity index (χ2v) is 7.08. The van der Waals surface area contributed by atoms with E-state index < -0.39 is 5.60 Å². The Morgan fingerprint density at radius 3 is 2.69 bits per heavy atom. The minimum atomic E-state index is -0.482. The number of carbonyl (C=O) groups excluding carboxylic acids is 1. The van der Waals surface area contributed by atoms with Gasteiger partial charge in [0, 0.05) is 38.0 Å². The fourth-order valence-corrected chi connectivity index (χ4v) is 3.83. The molecule has 2 heterocycles. The van der Waals surface area contributed by atoms with Crippen LogP contribution in [0.2, 0.25) is 0 Å². The second kappa shape index (κ2) is 6.54. The first-order valence-electron chi connectivity index (χ1n) is 8.81. The SMILES string of the molecule is N#Cc1ccc2c(c1)C(=O)CC1(CCN(Cc3ccccc3F)CC1)O2. The molecule has 0 bridgehead atoms. The summed E-state index contributed by atoms with van der Waals surface area (Å²) in [6.07, 6.45) is 1.79. The van der Waals surface area contributed by atoms with Crippen LogP contribution in [-0.4, -0.2) is 29.4 Å². The average molecular weight is 350 g/mol. The van der Waals surface area contributed by atoms with Crippen molar-refractivity contribution >= 4 is 5.78 Å². The van der Waals surface area contributed by atoms with Gasteiger partial charge in [-0.25, -0.2) is 4.39 Å². The van der Waals surface area contributed by atoms with E-state index in [2.05, 4.69) is 11.0 Å². The Balaban J connectivity index is 1.46. The maximum Gasteiger partial charge on any atom is 0.170 e. The number of halogens is 1. The summed E-state index contributed by atoms with van der Waals surface area (Å²) in [6.45, 7) is 2.08. The van der Waals surface area contributed by atoms with Crippen molar-refractivity contribution in [3.8, 4) is 11.8 Å². The molecule has 132 valence electrons. The third-order valence-corrected chi connectivity index (χ3v) is 5.34. The summed E-state index contributed by atoms with van der Waals surface area (Å²) >= 11 is 0. The summed E-state index contributed by atoms with van der Waals surface area (Å²) < 4.78 is 20.1. The molecule has 4 nitrogen and oxygen atoms in total. The van der Waals surface area contributed by atoms with Crippen LogP contribution in [0.25, 0.3) is 0 Å². The van der Waals surface area contributed by atoms with E-state index in [1.54, 1.807) is 24.3 Å². The van der Waals surface area contributed by atoms with Crippen molar-refractivity contribution in [1.29, 1.82) is 5.26 Å². The zero-order valence-corrected chi connectivity index (χ0v) is 14.4. The molecule has 26 heavy (non-hydrogen) atoms. The normalized spacial score (nSPS) is 18.8. The van der Waals surface area contributed by atoms with E-state index >= 15 is 0 Å². The number of carbonyl (C=O) groups is 1. The van der Waals surface area contributed by atoms with Gasteiger partial charge in [0.1, 0.15) is 17.2 Å². The topological polar surface area (TPSA) is 53.3 Å². The summed E-state index contributed by atoms with van der Waals surface area (Å²) in [5.41, 5.74) is 1.18. The number of nitriles is 1. The van der Waals surface area contributed by atoms with Crippen molar-refractivity contribution in [3.63, 3.8) is 0 Å². The first-order chi connectivity index (χ1) is 12.6. The number of nitrogens with zero attached hydrogens (tertiary/aromatic N) is 2. The number of rotatable bonds is 2. The van der Waals surface area contributed by atoms with E-state index in [0.29, 0.717) is 35.4 Å². The minimum absolute atomic E-state index is 0.0332. The second-order valence-electron chi connectivity index (χ2n) is 7.08. The lowest BCUT2D eigenvalue weighted by Gasteiger charge is -2.44. The van der Waals surface area contributed by atoms with E-state index in [1.165, 1.54) is 6.07 Å². The smallest absolute Gasteiger partial charge is 0.170 e. The molecule has 2 aliphatic heterocycles. The predicted molar refractivity (Wildman–Crippen MR) is 94.4 cm³/mol. The molecule has 4 rings (SSSR count). The van der Waals surface area contributed by atoms with E-state index in [4.69, 9.17) is 10.00 Å². The first-order valence-corrected chi connectivity index (χ1v) is 8.81. The number of ketones is 1. The predicted octanol–water partition coefficient (Wildman–Crippen LogP) is 3.70. The van der Waals surface area contributed by atoms with Crippen LogP contribution in [0, 0.1) is 17.1 Å². The Labute approximate surface area is 151 Å². The van der Waals surface area contributed by atoms with Crippen LogP contribution in [0.1, 0.15) is 40.7 Å². The zero-order chi connectivity index (χ0) is 18.1. The van der Waals surface area contributed by atoms with Gasteiger partial charge >= 0.3 is 0 Å². The van der Waals surface area contributed by atoms with Gasteiger partial charge in [0.2, 0.25) is 0 Å². The van der Waals surface area contributed by atoms with Gasteiger partial charge in [0.15, 0.2) is 5.78 Å². The number of Topliss-reactive ketones (excluding diaryl/α,β-unsaturated/α-hetero) is 1. The summed E-state index contributed by atoms with van der Waals surface area (Å²) in [6, 6.07) is 13.9. The van der Waals surface area contributed by atoms with Crippen molar-refractivity contribution in [3.05, 3.63) is 65.0 Å². The van der Waals surface area contributed by atoms with Gasteiger partial charge in [-0.2, -0.15) is 5.26 Å². The van der Waals surface area contributed by atoms with Crippen LogP contribution < -0.4 is 4.74 Å². The van der Waals surface area contributed by atoms with E-state index in [1.807, 2.05) is 12.1 Å². The van der Waals surface area contributed by atoms with E-state index in [9.17, 15) is 9.18 Å². The number of benzene rings is 2. The van der Waals surface area contributed by atoms with Crippen LogP contribution in [-0.2, 0) is 6.54 Å². The number of hydrogen-bond donors (Lipinski definition) is 0. The lowest BCUT2D eigenvalue weighted by atomic mass is 9.82. The number of fused-ring (bicyclic) bond motifs is 1. The van der Waals surface area contributed by atoms with Gasteiger partial charge < -0.3 is 4.74 Å². The van der Waals surface area contributed by atoms with Crippen molar-refractivity contribution in [2.45, 2.75) is 31.4 Å². The van der Waals surface area contributed by atoms with Crippen LogP contribution in [0.15, 0.2) is 42.5 Å². The Hall–Kier alpha value is -2.71. The largest absolute Gasteiger partial charge is 0.486 e. The van der Waals surface area contributed by atoms with Crippen LogP contribution in [0.5, 0.6) is 5.75 Å². The van der Waals surface area contributed by atoms with Crippen molar-refractivity contribution in [1.82, 2.24) is 4.90 Å². The van der Waals surface area contributed by atoms with Gasteiger partial charge in [0.05, 0.1) is 23.6 Å². The molecule has 0 radical (unpaired) electrons. The molecule has 1 saturated heterocycles. The van der Waals surface area contributed by atoms with E-state index in [0.717, 1.165) is 25.9 Å². The van der Waals surface area contributed by atoms with Crippen molar-refractivity contribution < 1.29 is 13.9 Å². The summed E-state index contributed by atoms with van der Waals surface area (Å²) in [5.74, 6) is 0.424. The molecule has 2 aromatic carbocycles. The summed E-state index contributed by atoms with van der Waals surface area (Å²) in [7, 11) is 0. The van der Waals surface area contributed by atoms with Crippen LogP contribution in [0.3, 0.4) is 0 Å². The standard InChI is InChI=1S/C21H19FN2O2/c22-18-4-2-1-3-16(18)14-24-9-7-21(8-10-24)12-19(25)17-11-15(13-23)5-6-20(17)26-21/h1-6,11H,7-10,12,14H2. The Morgan fingerprint density at radius 1 is 1.19 bits per heavy atom. The Kier molecular flexibility index (Phi) is 4.21. The monoisotopic (exact) mass is 350 g/mol. The molecule has 5 heteroatoms. The highest BCUT2D eigenvalue weighted by Crippen LogP contribution is 2.39. The quantitative estimate of drug-likeness (QED) is 0.829. The number of likely N-dealkylation sites (tertiary alicyclic amines) is 1. The van der Waals surface area contributed by atoms with Crippen LogP contribution >= 0.6 is 0 Å². The molecule has 0 aromatic heterocycles. The fraction of sp³-hybridized carbons (Fsp3) is 0.333. The van der Waals surface area contributed by atoms with Crippen molar-refractivity contribution in [2.75, 3.05) is 13.1 Å². The molecular formula is C21H19FN2O2. The maximum absolute atomic E-state index is 13.9. The average Bonchev–Trinajstić information content (AvgIpc) is 2.65. The van der Waals surface area contributed by atoms with Gasteiger partial charge in [-0.3, -0.25) is 9.69 Å². The molecule has 0 unspecified atom stereocenters. The highest BCUT2D eigenvalue weighted by atomic mass is 19.1. The van der Waals surface area contributed by atoms with Gasteiger partial charge in [-0.1, -0.05) is 18.2 Å². The van der Waals surface area contributed by atoms with Crippen molar-refractivity contribution in [2.24, 2.45) is 0 Å². The maximum atomic E-state index is 13.9. The molecule has 1 spiro atoms. The molecule has 0 saturated carbocycles. The highest BCUT2D eigenvalue weighted by molar-refractivity contribution is 6.00. The number of ether oxygens (including phenoxy) is 1. The zero-order valence-electron chi connectivity index (χ0n) is 14.4. The molecule has 0 atom stereocenters. The molecular weight excluding hydrogens is 331 g/mol. The Bertz CT molecular complexity index is 895. The third-order valence-electron chi connectivity index (χ3n) is 5.34.